The van der Waals surface area contributed by atoms with Crippen LogP contribution < -0.4 is 4.74 Å². The van der Waals surface area contributed by atoms with Gasteiger partial charge >= 0.3 is 5.97 Å². The lowest BCUT2D eigenvalue weighted by Gasteiger charge is -2.13. The Hall–Kier alpha value is -4.31. The largest absolute Gasteiger partial charge is 0.497 e. The summed E-state index contributed by atoms with van der Waals surface area (Å²) in [6.45, 7) is 2.18. The summed E-state index contributed by atoms with van der Waals surface area (Å²) in [6, 6.07) is 21.3. The number of rotatable bonds is 9. The molecule has 1 atom stereocenters. The van der Waals surface area contributed by atoms with Crippen LogP contribution in [0.25, 0.3) is 33.8 Å². The second kappa shape index (κ2) is 11.8. The Morgan fingerprint density at radius 1 is 0.975 bits per heavy atom. The quantitative estimate of drug-likeness (QED) is 0.230. The van der Waals surface area contributed by atoms with Crippen LogP contribution >= 0.6 is 11.6 Å². The number of esters is 1. The van der Waals surface area contributed by atoms with Crippen molar-refractivity contribution in [1.82, 2.24) is 19.5 Å². The molecule has 0 spiro atoms. The van der Waals surface area contributed by atoms with Crippen molar-refractivity contribution in [3.63, 3.8) is 0 Å². The van der Waals surface area contributed by atoms with Crippen molar-refractivity contribution in [3.8, 4) is 28.4 Å². The number of hydrogen-bond acceptors (Lipinski definition) is 8. The molecule has 5 rings (SSSR count). The number of halogens is 1. The van der Waals surface area contributed by atoms with Crippen LogP contribution in [0.1, 0.15) is 34.8 Å². The summed E-state index contributed by atoms with van der Waals surface area (Å²) in [4.78, 5) is 26.7. The van der Waals surface area contributed by atoms with Crippen molar-refractivity contribution in [2.24, 2.45) is 0 Å². The summed E-state index contributed by atoms with van der Waals surface area (Å²) >= 11 is 6.19. The van der Waals surface area contributed by atoms with Crippen LogP contribution in [0, 0.1) is 0 Å². The molecule has 0 saturated heterocycles. The Morgan fingerprint density at radius 2 is 1.75 bits per heavy atom. The first kappa shape index (κ1) is 27.3. The number of methoxy groups -OCH3 is 2. The molecule has 5 aromatic rings. The second-order valence-corrected chi connectivity index (χ2v) is 9.31. The molecular weight excluding hydrogens is 532 g/mol. The van der Waals surface area contributed by atoms with E-state index in [2.05, 4.69) is 0 Å². The minimum atomic E-state index is -1.16. The number of aliphatic hydroxyl groups excluding tert-OH is 1. The molecule has 0 amide bonds. The molecular formula is C30H27ClN4O5. The Balaban J connectivity index is 1.74. The second-order valence-electron chi connectivity index (χ2n) is 8.87. The van der Waals surface area contributed by atoms with Gasteiger partial charge in [-0.15, -0.1) is 0 Å². The zero-order valence-corrected chi connectivity index (χ0v) is 22.9. The Morgan fingerprint density at radius 3 is 2.45 bits per heavy atom. The fraction of sp³-hybridized carbons (Fsp3) is 0.200. The monoisotopic (exact) mass is 558 g/mol. The van der Waals surface area contributed by atoms with Gasteiger partial charge in [0.2, 0.25) is 0 Å². The molecule has 0 aliphatic carbocycles. The molecule has 204 valence electrons. The highest BCUT2D eigenvalue weighted by atomic mass is 35.5. The summed E-state index contributed by atoms with van der Waals surface area (Å²) in [6.07, 6.45) is -1.16. The maximum Gasteiger partial charge on any atom is 0.338 e. The first-order chi connectivity index (χ1) is 19.4. The van der Waals surface area contributed by atoms with E-state index in [9.17, 15) is 9.90 Å². The molecule has 0 saturated carbocycles. The molecule has 0 aliphatic rings. The minimum Gasteiger partial charge on any atom is -0.497 e. The van der Waals surface area contributed by atoms with Gasteiger partial charge in [0.05, 0.1) is 19.3 Å². The van der Waals surface area contributed by atoms with E-state index >= 15 is 0 Å². The van der Waals surface area contributed by atoms with Crippen molar-refractivity contribution < 1.29 is 24.1 Å². The first-order valence-corrected chi connectivity index (χ1v) is 12.9. The number of fused-ring (bicyclic) bond motifs is 1. The molecule has 2 aromatic heterocycles. The van der Waals surface area contributed by atoms with Crippen LogP contribution in [-0.2, 0) is 16.2 Å². The van der Waals surface area contributed by atoms with E-state index in [1.165, 1.54) is 0 Å². The average molecular weight is 559 g/mol. The van der Waals surface area contributed by atoms with Crippen molar-refractivity contribution in [3.05, 3.63) is 94.8 Å². The Labute approximate surface area is 236 Å². The van der Waals surface area contributed by atoms with E-state index < -0.39 is 12.1 Å². The molecule has 0 aliphatic heterocycles. The van der Waals surface area contributed by atoms with Gasteiger partial charge in [-0.1, -0.05) is 48.0 Å². The predicted molar refractivity (Wildman–Crippen MR) is 151 cm³/mol. The van der Waals surface area contributed by atoms with E-state index in [1.54, 1.807) is 69.7 Å². The number of aromatic nitrogens is 4. The lowest BCUT2D eigenvalue weighted by molar-refractivity contribution is 0.0526. The maximum atomic E-state index is 12.2. The normalized spacial score (nSPS) is 11.9. The lowest BCUT2D eigenvalue weighted by Crippen LogP contribution is -2.10. The topological polar surface area (TPSA) is 109 Å². The molecule has 9 nitrogen and oxygen atoms in total. The van der Waals surface area contributed by atoms with Crippen molar-refractivity contribution in [2.75, 3.05) is 20.8 Å². The summed E-state index contributed by atoms with van der Waals surface area (Å²) in [5.74, 6) is 1.01. The molecule has 3 aromatic carbocycles. The highest BCUT2D eigenvalue weighted by Crippen LogP contribution is 2.34. The highest BCUT2D eigenvalue weighted by Gasteiger charge is 2.24. The van der Waals surface area contributed by atoms with Gasteiger partial charge < -0.3 is 19.3 Å². The van der Waals surface area contributed by atoms with Gasteiger partial charge in [-0.25, -0.2) is 19.7 Å². The molecule has 1 unspecified atom stereocenters. The van der Waals surface area contributed by atoms with E-state index in [0.29, 0.717) is 50.1 Å². The first-order valence-electron chi connectivity index (χ1n) is 12.6. The number of benzene rings is 3. The lowest BCUT2D eigenvalue weighted by atomic mass is 10.1. The fourth-order valence-corrected chi connectivity index (χ4v) is 4.58. The van der Waals surface area contributed by atoms with Crippen molar-refractivity contribution >= 4 is 28.7 Å². The standard InChI is InChI=1S/C30H27ClN4O5/c1-4-40-30(37)19-13-11-18(12-14-19)24-25-29(34-27(32-24)26(36)20-7-5-9-22(31)15-20)35(17-38-2)28(33-25)21-8-6-10-23(16-21)39-3/h5-16,26,36H,4,17H2,1-3H3. The number of aliphatic hydroxyl groups is 1. The van der Waals surface area contributed by atoms with Gasteiger partial charge in [-0.05, 0) is 48.9 Å². The van der Waals surface area contributed by atoms with Crippen LogP contribution in [0.15, 0.2) is 72.8 Å². The summed E-state index contributed by atoms with van der Waals surface area (Å²) in [7, 11) is 3.18. The average Bonchev–Trinajstić information content (AvgIpc) is 3.35. The summed E-state index contributed by atoms with van der Waals surface area (Å²) < 4.78 is 17.9. The van der Waals surface area contributed by atoms with Crippen LogP contribution in [-0.4, -0.2) is 51.4 Å². The maximum absolute atomic E-state index is 12.2. The van der Waals surface area contributed by atoms with Gasteiger partial charge in [0.1, 0.15) is 35.6 Å². The third-order valence-corrected chi connectivity index (χ3v) is 6.51. The minimum absolute atomic E-state index is 0.147. The van der Waals surface area contributed by atoms with E-state index in [4.69, 9.17) is 40.8 Å². The molecule has 0 radical (unpaired) electrons. The number of carbonyl (C=O) groups is 1. The number of nitrogens with zero attached hydrogens (tertiary/aromatic N) is 4. The molecule has 0 fully saturated rings. The van der Waals surface area contributed by atoms with E-state index in [0.717, 1.165) is 5.56 Å². The van der Waals surface area contributed by atoms with Crippen molar-refractivity contribution in [1.29, 1.82) is 0 Å². The van der Waals surface area contributed by atoms with Crippen LogP contribution in [0.3, 0.4) is 0 Å². The third kappa shape index (κ3) is 5.40. The van der Waals surface area contributed by atoms with Gasteiger partial charge in [-0.2, -0.15) is 0 Å². The zero-order valence-electron chi connectivity index (χ0n) is 22.2. The smallest absolute Gasteiger partial charge is 0.338 e. The van der Waals surface area contributed by atoms with Gasteiger partial charge in [-0.3, -0.25) is 4.57 Å². The molecule has 40 heavy (non-hydrogen) atoms. The molecule has 0 bridgehead atoms. The molecule has 2 heterocycles. The van der Waals surface area contributed by atoms with Crippen molar-refractivity contribution in [2.45, 2.75) is 19.8 Å². The number of ether oxygens (including phenoxy) is 3. The van der Waals surface area contributed by atoms with Gasteiger partial charge in [0.15, 0.2) is 11.5 Å². The zero-order chi connectivity index (χ0) is 28.2. The SMILES string of the molecule is CCOC(=O)c1ccc(-c2nc(C(O)c3cccc(Cl)c3)nc3c2nc(-c2cccc(OC)c2)n3COC)cc1. The number of hydrogen-bond donors (Lipinski definition) is 1. The van der Waals surface area contributed by atoms with E-state index in [1.807, 2.05) is 28.8 Å². The van der Waals surface area contributed by atoms with Gasteiger partial charge in [0, 0.05) is 23.3 Å². The van der Waals surface area contributed by atoms with Gasteiger partial charge in [0.25, 0.3) is 0 Å². The fourth-order valence-electron chi connectivity index (χ4n) is 4.38. The Bertz CT molecular complexity index is 1670. The summed E-state index contributed by atoms with van der Waals surface area (Å²) in [5.41, 5.74) is 3.87. The molecule has 10 heteroatoms. The number of carbonyl (C=O) groups excluding carboxylic acids is 1. The number of imidazole rings is 1. The molecule has 1 N–H and O–H groups in total. The van der Waals surface area contributed by atoms with Crippen LogP contribution in [0.5, 0.6) is 5.75 Å². The summed E-state index contributed by atoms with van der Waals surface area (Å²) in [5, 5.41) is 11.8. The Kier molecular flexibility index (Phi) is 8.06. The van der Waals surface area contributed by atoms with Crippen LogP contribution in [0.4, 0.5) is 0 Å². The van der Waals surface area contributed by atoms with E-state index in [-0.39, 0.29) is 19.2 Å². The third-order valence-electron chi connectivity index (χ3n) is 6.28. The highest BCUT2D eigenvalue weighted by molar-refractivity contribution is 6.30. The van der Waals surface area contributed by atoms with Crippen LogP contribution in [0.2, 0.25) is 5.02 Å². The predicted octanol–water partition coefficient (Wildman–Crippen LogP) is 5.68.